The molecule has 2 aromatic rings. The second-order valence-electron chi connectivity index (χ2n) is 5.07. The quantitative estimate of drug-likeness (QED) is 0.866. The first kappa shape index (κ1) is 14.1. The number of nitrogens with two attached hydrogens (primary N) is 1. The number of carbonyl (C=O) groups is 1. The van der Waals surface area contributed by atoms with Crippen LogP contribution < -0.4 is 5.73 Å². The third-order valence-electron chi connectivity index (χ3n) is 3.42. The average molecular weight is 268 g/mol. The van der Waals surface area contributed by atoms with E-state index in [-0.39, 0.29) is 11.8 Å². The largest absolute Gasteiger partial charge is 0.399 e. The fourth-order valence-corrected chi connectivity index (χ4v) is 2.26. The van der Waals surface area contributed by atoms with Crippen molar-refractivity contribution < 1.29 is 4.79 Å². The van der Waals surface area contributed by atoms with E-state index < -0.39 is 0 Å². The van der Waals surface area contributed by atoms with Gasteiger partial charge in [0.15, 0.2) is 0 Å². The van der Waals surface area contributed by atoms with Gasteiger partial charge in [0.25, 0.3) is 0 Å². The van der Waals surface area contributed by atoms with Crippen molar-refractivity contribution in [1.29, 1.82) is 0 Å². The zero-order valence-corrected chi connectivity index (χ0v) is 11.9. The van der Waals surface area contributed by atoms with E-state index in [1.165, 1.54) is 0 Å². The molecule has 1 unspecified atom stereocenters. The Bertz CT molecular complexity index is 581. The summed E-state index contributed by atoms with van der Waals surface area (Å²) < 4.78 is 0. The van der Waals surface area contributed by atoms with Crippen LogP contribution in [0.4, 0.5) is 5.69 Å². The summed E-state index contributed by atoms with van der Waals surface area (Å²) in [4.78, 5) is 14.2. The van der Waals surface area contributed by atoms with Crippen molar-refractivity contribution in [3.8, 4) is 0 Å². The summed E-state index contributed by atoms with van der Waals surface area (Å²) in [6.45, 7) is 2.51. The number of benzene rings is 2. The van der Waals surface area contributed by atoms with E-state index >= 15 is 0 Å². The number of hydrogen-bond acceptors (Lipinski definition) is 2. The molecule has 20 heavy (non-hydrogen) atoms. The summed E-state index contributed by atoms with van der Waals surface area (Å²) in [6.07, 6.45) is 0. The molecule has 2 aromatic carbocycles. The minimum absolute atomic E-state index is 0.110. The number of carbonyl (C=O) groups excluding carboxylic acids is 1. The first-order chi connectivity index (χ1) is 9.58. The Labute approximate surface area is 120 Å². The Hall–Kier alpha value is -2.29. The van der Waals surface area contributed by atoms with Gasteiger partial charge in [0.2, 0.25) is 5.91 Å². The van der Waals surface area contributed by atoms with E-state index in [0.717, 1.165) is 16.8 Å². The number of likely N-dealkylation sites (N-methyl/N-ethyl adjacent to an activating group) is 1. The summed E-state index contributed by atoms with van der Waals surface area (Å²) in [5.74, 6) is -0.0270. The molecule has 0 radical (unpaired) electrons. The summed E-state index contributed by atoms with van der Waals surface area (Å²) in [6, 6.07) is 17.5. The molecule has 3 nitrogen and oxygen atoms in total. The number of amides is 1. The van der Waals surface area contributed by atoms with Gasteiger partial charge in [-0.1, -0.05) is 42.5 Å². The van der Waals surface area contributed by atoms with Crippen molar-refractivity contribution in [2.45, 2.75) is 19.4 Å². The first-order valence-corrected chi connectivity index (χ1v) is 6.72. The van der Waals surface area contributed by atoms with Crippen LogP contribution in [-0.4, -0.2) is 17.9 Å². The first-order valence-electron chi connectivity index (χ1n) is 6.72. The topological polar surface area (TPSA) is 46.3 Å². The van der Waals surface area contributed by atoms with Gasteiger partial charge in [-0.15, -0.1) is 0 Å². The molecule has 3 heteroatoms. The molecule has 0 fully saturated rings. The molecule has 2 rings (SSSR count). The third-order valence-corrected chi connectivity index (χ3v) is 3.42. The normalized spacial score (nSPS) is 11.9. The Kier molecular flexibility index (Phi) is 4.41. The lowest BCUT2D eigenvalue weighted by atomic mass is 10.00. The summed E-state index contributed by atoms with van der Waals surface area (Å²) in [5.41, 5.74) is 8.56. The lowest BCUT2D eigenvalue weighted by Crippen LogP contribution is -2.30. The van der Waals surface area contributed by atoms with Crippen molar-refractivity contribution in [2.24, 2.45) is 0 Å². The monoisotopic (exact) mass is 268 g/mol. The molecule has 2 N–H and O–H groups in total. The molecule has 0 aliphatic carbocycles. The van der Waals surface area contributed by atoms with Gasteiger partial charge in [-0.2, -0.15) is 0 Å². The number of anilines is 1. The lowest BCUT2D eigenvalue weighted by molar-refractivity contribution is -0.131. The smallest absolute Gasteiger partial charge is 0.229 e. The molecule has 1 atom stereocenters. The molecular formula is C17H20N2O. The number of hydrogen-bond donors (Lipinski definition) is 1. The highest BCUT2D eigenvalue weighted by atomic mass is 16.2. The van der Waals surface area contributed by atoms with Crippen LogP contribution >= 0.6 is 0 Å². The second-order valence-corrected chi connectivity index (χ2v) is 5.07. The highest BCUT2D eigenvalue weighted by molar-refractivity contribution is 5.83. The average Bonchev–Trinajstić information content (AvgIpc) is 2.46. The minimum atomic E-state index is -0.137. The van der Waals surface area contributed by atoms with Crippen molar-refractivity contribution in [3.63, 3.8) is 0 Å². The van der Waals surface area contributed by atoms with E-state index in [2.05, 4.69) is 0 Å². The maximum Gasteiger partial charge on any atom is 0.229 e. The van der Waals surface area contributed by atoms with Crippen molar-refractivity contribution in [1.82, 2.24) is 4.90 Å². The SMILES string of the molecule is CC(C(=O)N(C)Cc1cccc(N)c1)c1ccccc1. The van der Waals surface area contributed by atoms with Crippen LogP contribution in [0.25, 0.3) is 0 Å². The molecule has 0 spiro atoms. The predicted molar refractivity (Wildman–Crippen MR) is 82.2 cm³/mol. The Balaban J connectivity index is 2.05. The molecule has 0 saturated carbocycles. The van der Waals surface area contributed by atoms with Gasteiger partial charge in [0, 0.05) is 19.3 Å². The molecule has 104 valence electrons. The van der Waals surface area contributed by atoms with E-state index in [4.69, 9.17) is 5.73 Å². The van der Waals surface area contributed by atoms with Gasteiger partial charge in [-0.25, -0.2) is 0 Å². The van der Waals surface area contributed by atoms with E-state index in [0.29, 0.717) is 6.54 Å². The molecule has 0 aliphatic rings. The maximum atomic E-state index is 12.4. The van der Waals surface area contributed by atoms with E-state index in [1.54, 1.807) is 4.90 Å². The van der Waals surface area contributed by atoms with Gasteiger partial charge in [-0.05, 0) is 30.2 Å². The Morgan fingerprint density at radius 2 is 1.85 bits per heavy atom. The summed E-state index contributed by atoms with van der Waals surface area (Å²) >= 11 is 0. The molecule has 0 saturated heterocycles. The second kappa shape index (κ2) is 6.24. The number of nitrogen functional groups attached to an aromatic ring is 1. The van der Waals surface area contributed by atoms with Crippen LogP contribution in [0.2, 0.25) is 0 Å². The third kappa shape index (κ3) is 3.38. The molecule has 0 heterocycles. The van der Waals surface area contributed by atoms with Crippen LogP contribution in [0.5, 0.6) is 0 Å². The van der Waals surface area contributed by atoms with Gasteiger partial charge >= 0.3 is 0 Å². The molecule has 1 amide bonds. The van der Waals surface area contributed by atoms with Gasteiger partial charge in [0.05, 0.1) is 5.92 Å². The molecular weight excluding hydrogens is 248 g/mol. The summed E-state index contributed by atoms with van der Waals surface area (Å²) in [5, 5.41) is 0. The standard InChI is InChI=1S/C17H20N2O/c1-13(15-8-4-3-5-9-15)17(20)19(2)12-14-7-6-10-16(18)11-14/h3-11,13H,12,18H2,1-2H3. The number of rotatable bonds is 4. The van der Waals surface area contributed by atoms with E-state index in [9.17, 15) is 4.79 Å². The van der Waals surface area contributed by atoms with Crippen LogP contribution in [-0.2, 0) is 11.3 Å². The van der Waals surface area contributed by atoms with Gasteiger partial charge in [0.1, 0.15) is 0 Å². The Morgan fingerprint density at radius 1 is 1.15 bits per heavy atom. The fourth-order valence-electron chi connectivity index (χ4n) is 2.26. The van der Waals surface area contributed by atoms with Gasteiger partial charge < -0.3 is 10.6 Å². The molecule has 0 aromatic heterocycles. The lowest BCUT2D eigenvalue weighted by Gasteiger charge is -2.22. The van der Waals surface area contributed by atoms with Crippen molar-refractivity contribution >= 4 is 11.6 Å². The molecule has 0 aliphatic heterocycles. The predicted octanol–water partition coefficient (Wildman–Crippen LogP) is 3.03. The van der Waals surface area contributed by atoms with Crippen LogP contribution in [0.15, 0.2) is 54.6 Å². The van der Waals surface area contributed by atoms with E-state index in [1.807, 2.05) is 68.6 Å². The summed E-state index contributed by atoms with van der Waals surface area (Å²) in [7, 11) is 1.82. The number of nitrogens with zero attached hydrogens (tertiary/aromatic N) is 1. The Morgan fingerprint density at radius 3 is 2.50 bits per heavy atom. The van der Waals surface area contributed by atoms with Gasteiger partial charge in [-0.3, -0.25) is 4.79 Å². The van der Waals surface area contributed by atoms with Crippen LogP contribution in [0.3, 0.4) is 0 Å². The zero-order valence-electron chi connectivity index (χ0n) is 11.9. The zero-order chi connectivity index (χ0) is 14.5. The van der Waals surface area contributed by atoms with Crippen molar-refractivity contribution in [2.75, 3.05) is 12.8 Å². The fraction of sp³-hybridized carbons (Fsp3) is 0.235. The highest BCUT2D eigenvalue weighted by Gasteiger charge is 2.19. The maximum absolute atomic E-state index is 12.4. The van der Waals surface area contributed by atoms with Crippen molar-refractivity contribution in [3.05, 3.63) is 65.7 Å². The van der Waals surface area contributed by atoms with Crippen LogP contribution in [0.1, 0.15) is 24.0 Å². The minimum Gasteiger partial charge on any atom is -0.399 e. The molecule has 0 bridgehead atoms. The van der Waals surface area contributed by atoms with Crippen LogP contribution in [0, 0.1) is 0 Å². The highest BCUT2D eigenvalue weighted by Crippen LogP contribution is 2.18.